The first-order chi connectivity index (χ1) is 23.9. The number of allylic oxidation sites excluding steroid dienone is 2. The highest BCUT2D eigenvalue weighted by atomic mass is 16.5. The molecule has 0 radical (unpaired) electrons. The molecule has 0 N–H and O–H groups in total. The van der Waals surface area contributed by atoms with Crippen LogP contribution in [0.2, 0.25) is 0 Å². The number of benzene rings is 5. The van der Waals surface area contributed by atoms with Crippen molar-refractivity contribution in [3.63, 3.8) is 0 Å². The van der Waals surface area contributed by atoms with E-state index in [4.69, 9.17) is 4.74 Å². The van der Waals surface area contributed by atoms with E-state index in [1.807, 2.05) is 128 Å². The number of ether oxygens (including phenoxy) is 1. The lowest BCUT2D eigenvalue weighted by Crippen LogP contribution is -2.45. The fraction of sp³-hybridized carbons (Fsp3) is 0.163. The van der Waals surface area contributed by atoms with Crippen LogP contribution in [0, 0.1) is 11.8 Å². The summed E-state index contributed by atoms with van der Waals surface area (Å²) in [6, 6.07) is 43.2. The number of nitrogens with zero attached hydrogens (tertiary/aromatic N) is 1. The Balaban J connectivity index is 1.53. The molecule has 5 aromatic rings. The molecule has 1 heterocycles. The zero-order chi connectivity index (χ0) is 33.9. The van der Waals surface area contributed by atoms with E-state index in [1.54, 1.807) is 18.2 Å². The highest BCUT2D eigenvalue weighted by molar-refractivity contribution is 6.39. The summed E-state index contributed by atoms with van der Waals surface area (Å²) >= 11 is 0. The Bertz CT molecular complexity index is 2060. The van der Waals surface area contributed by atoms with Crippen molar-refractivity contribution in [1.82, 2.24) is 0 Å². The molecular formula is C43H33NO5. The van der Waals surface area contributed by atoms with Gasteiger partial charge in [-0.05, 0) is 65.4 Å². The van der Waals surface area contributed by atoms with E-state index in [-0.39, 0.29) is 23.9 Å². The van der Waals surface area contributed by atoms with Crippen LogP contribution in [0.5, 0.6) is 5.75 Å². The third-order valence-electron chi connectivity index (χ3n) is 10.5. The number of ketones is 2. The van der Waals surface area contributed by atoms with Gasteiger partial charge in [0.15, 0.2) is 11.6 Å². The van der Waals surface area contributed by atoms with Crippen LogP contribution in [0.15, 0.2) is 140 Å². The average Bonchev–Trinajstić information content (AvgIpc) is 3.65. The topological polar surface area (TPSA) is 80.8 Å². The van der Waals surface area contributed by atoms with E-state index in [1.165, 1.54) is 11.8 Å². The van der Waals surface area contributed by atoms with Crippen LogP contribution >= 0.6 is 0 Å². The van der Waals surface area contributed by atoms with E-state index >= 15 is 14.4 Å². The number of Topliss-reactive ketones (excluding diaryl/α,β-unsaturated/α-hetero) is 2. The minimum Gasteiger partial charge on any atom is -0.492 e. The molecule has 49 heavy (non-hydrogen) atoms. The van der Waals surface area contributed by atoms with E-state index in [0.717, 1.165) is 22.3 Å². The molecule has 0 spiro atoms. The first-order valence-corrected chi connectivity index (χ1v) is 16.6. The second-order valence-electron chi connectivity index (χ2n) is 12.8. The van der Waals surface area contributed by atoms with Crippen LogP contribution in [0.1, 0.15) is 46.5 Å². The predicted octanol–water partition coefficient (Wildman–Crippen LogP) is 7.48. The lowest BCUT2D eigenvalue weighted by atomic mass is 9.59. The van der Waals surface area contributed by atoms with Gasteiger partial charge in [0.2, 0.25) is 11.8 Å². The van der Waals surface area contributed by atoms with Crippen molar-refractivity contribution in [1.29, 1.82) is 0 Å². The number of fused-ring (bicyclic) bond motifs is 5. The van der Waals surface area contributed by atoms with Crippen LogP contribution in [0.25, 0.3) is 11.1 Å². The molecule has 240 valence electrons. The fourth-order valence-electron chi connectivity index (χ4n) is 8.76. The summed E-state index contributed by atoms with van der Waals surface area (Å²) in [7, 11) is 0. The fourth-order valence-corrected chi connectivity index (χ4v) is 8.76. The highest BCUT2D eigenvalue weighted by Crippen LogP contribution is 2.74. The lowest BCUT2D eigenvalue weighted by Gasteiger charge is -2.39. The van der Waals surface area contributed by atoms with Gasteiger partial charge >= 0.3 is 0 Å². The maximum absolute atomic E-state index is 16.0. The van der Waals surface area contributed by atoms with Crippen LogP contribution < -0.4 is 9.64 Å². The number of hydrogen-bond donors (Lipinski definition) is 0. The Morgan fingerprint density at radius 3 is 1.47 bits per heavy atom. The van der Waals surface area contributed by atoms with Crippen molar-refractivity contribution in [3.8, 4) is 5.75 Å². The molecule has 2 aliphatic carbocycles. The SMILES string of the molecule is CCOc1ccc(C(C)=O)cc1N1C(=O)[C@H]2[C@H](C1=O)[C@@]1(c3ccccc3)C(=O)[C@@]2(c2ccccc2)C(c2ccccc2)=C1c1ccccc1. The number of anilines is 1. The zero-order valence-corrected chi connectivity index (χ0v) is 27.1. The van der Waals surface area contributed by atoms with E-state index in [9.17, 15) is 4.79 Å². The Hall–Kier alpha value is -5.88. The van der Waals surface area contributed by atoms with Gasteiger partial charge in [-0.2, -0.15) is 0 Å². The van der Waals surface area contributed by atoms with E-state index < -0.39 is 34.5 Å². The van der Waals surface area contributed by atoms with Gasteiger partial charge in [0.25, 0.3) is 0 Å². The number of carbonyl (C=O) groups excluding carboxylic acids is 4. The summed E-state index contributed by atoms with van der Waals surface area (Å²) < 4.78 is 5.96. The van der Waals surface area contributed by atoms with Gasteiger partial charge in [0, 0.05) is 5.56 Å². The second-order valence-corrected chi connectivity index (χ2v) is 12.8. The van der Waals surface area contributed by atoms with Gasteiger partial charge in [-0.3, -0.25) is 19.2 Å². The molecule has 2 fully saturated rings. The molecule has 6 heteroatoms. The number of hydrogen-bond acceptors (Lipinski definition) is 5. The summed E-state index contributed by atoms with van der Waals surface area (Å²) in [6.45, 7) is 3.55. The van der Waals surface area contributed by atoms with Gasteiger partial charge in [-0.25, -0.2) is 4.90 Å². The minimum atomic E-state index is -1.51. The quantitative estimate of drug-likeness (QED) is 0.129. The molecule has 3 aliphatic rings. The molecule has 5 aromatic carbocycles. The monoisotopic (exact) mass is 643 g/mol. The third-order valence-corrected chi connectivity index (χ3v) is 10.5. The molecule has 1 saturated carbocycles. The highest BCUT2D eigenvalue weighted by Gasteiger charge is 2.82. The van der Waals surface area contributed by atoms with Crippen LogP contribution in [0.4, 0.5) is 5.69 Å². The van der Waals surface area contributed by atoms with Gasteiger partial charge in [-0.1, -0.05) is 121 Å². The number of carbonyl (C=O) groups is 4. The smallest absolute Gasteiger partial charge is 0.239 e. The Labute approximate surface area is 284 Å². The van der Waals surface area contributed by atoms with Gasteiger partial charge < -0.3 is 4.74 Å². The Morgan fingerprint density at radius 1 is 0.633 bits per heavy atom. The normalized spacial score (nSPS) is 24.0. The summed E-state index contributed by atoms with van der Waals surface area (Å²) in [5.41, 5.74) is 1.91. The van der Waals surface area contributed by atoms with Crippen molar-refractivity contribution < 1.29 is 23.9 Å². The van der Waals surface area contributed by atoms with Crippen LogP contribution in [-0.2, 0) is 25.2 Å². The standard InChI is InChI=1S/C43H33NO5/c1-3-49-34-25-24-30(27(2)45)26-33(34)44-39(46)37-38(40(44)47)43(32-22-14-7-15-23-32)36(29-18-10-5-11-19-29)35(28-16-8-4-9-17-28)42(37,41(43)48)31-20-12-6-13-21-31/h4-26,37-38H,3H2,1-2H3/t37-,38-,42+,43+/m1/s1. The molecule has 2 amide bonds. The van der Waals surface area contributed by atoms with Crippen molar-refractivity contribution in [2.24, 2.45) is 11.8 Å². The molecule has 1 aliphatic heterocycles. The molecular weight excluding hydrogens is 610 g/mol. The number of amides is 2. The summed E-state index contributed by atoms with van der Waals surface area (Å²) in [5, 5.41) is 0. The second kappa shape index (κ2) is 11.4. The summed E-state index contributed by atoms with van der Waals surface area (Å²) in [4.78, 5) is 60.4. The van der Waals surface area contributed by atoms with E-state index in [0.29, 0.717) is 22.4 Å². The summed E-state index contributed by atoms with van der Waals surface area (Å²) in [5.74, 6) is -3.22. The molecule has 6 nitrogen and oxygen atoms in total. The average molecular weight is 644 g/mol. The molecule has 1 saturated heterocycles. The molecule has 2 bridgehead atoms. The first-order valence-electron chi connectivity index (χ1n) is 16.6. The van der Waals surface area contributed by atoms with E-state index in [2.05, 4.69) is 0 Å². The maximum Gasteiger partial charge on any atom is 0.239 e. The molecule has 4 atom stereocenters. The summed E-state index contributed by atoms with van der Waals surface area (Å²) in [6.07, 6.45) is 0. The van der Waals surface area contributed by atoms with Crippen LogP contribution in [0.3, 0.4) is 0 Å². The van der Waals surface area contributed by atoms with Gasteiger partial charge in [-0.15, -0.1) is 0 Å². The number of rotatable bonds is 8. The van der Waals surface area contributed by atoms with Crippen molar-refractivity contribution >= 4 is 40.2 Å². The molecule has 0 aromatic heterocycles. The van der Waals surface area contributed by atoms with Crippen molar-refractivity contribution in [2.75, 3.05) is 11.5 Å². The van der Waals surface area contributed by atoms with Crippen LogP contribution in [-0.4, -0.2) is 30.0 Å². The zero-order valence-electron chi connectivity index (χ0n) is 27.1. The van der Waals surface area contributed by atoms with Crippen molar-refractivity contribution in [3.05, 3.63) is 167 Å². The maximum atomic E-state index is 16.0. The Morgan fingerprint density at radius 2 is 1.06 bits per heavy atom. The largest absolute Gasteiger partial charge is 0.492 e. The minimum absolute atomic E-state index is 0.186. The van der Waals surface area contributed by atoms with Crippen molar-refractivity contribution in [2.45, 2.75) is 24.7 Å². The van der Waals surface area contributed by atoms with Gasteiger partial charge in [0.05, 0.1) is 35.0 Å². The van der Waals surface area contributed by atoms with Gasteiger partial charge in [0.1, 0.15) is 5.75 Å². The first kappa shape index (κ1) is 30.5. The predicted molar refractivity (Wildman–Crippen MR) is 188 cm³/mol. The lowest BCUT2D eigenvalue weighted by molar-refractivity contribution is -0.130. The Kier molecular flexibility index (Phi) is 7.07. The third kappa shape index (κ3) is 4.00. The number of imide groups is 1. The molecule has 8 rings (SSSR count). The molecule has 0 unspecified atom stereocenters.